The van der Waals surface area contributed by atoms with Crippen molar-refractivity contribution < 1.29 is 17.4 Å². The number of halogens is 3. The van der Waals surface area contributed by atoms with Gasteiger partial charge in [0.15, 0.2) is 0 Å². The molecule has 0 aliphatic heterocycles. The first-order chi connectivity index (χ1) is 9.12. The van der Waals surface area contributed by atoms with Gasteiger partial charge in [0.1, 0.15) is 0 Å². The van der Waals surface area contributed by atoms with Gasteiger partial charge in [-0.3, -0.25) is 9.00 Å². The summed E-state index contributed by atoms with van der Waals surface area (Å²) in [5, 5.41) is 2.58. The van der Waals surface area contributed by atoms with Crippen LogP contribution in [0.5, 0.6) is 0 Å². The Hall–Kier alpha value is -0.150. The standard InChI is InChI=1S/C10H10BrCl2NO4S2/c1-19(16)3-2-14-10(15)6-4-9(20(13,17)18)7(11)5-8(6)12/h4-5H,2-3H2,1H3,(H,14,15). The molecule has 0 fully saturated rings. The number of amides is 1. The topological polar surface area (TPSA) is 80.3 Å². The molecule has 0 spiro atoms. The summed E-state index contributed by atoms with van der Waals surface area (Å²) in [6.07, 6.45) is 1.51. The van der Waals surface area contributed by atoms with Crippen LogP contribution in [-0.2, 0) is 19.9 Å². The Bertz CT molecular complexity index is 663. The fourth-order valence-corrected chi connectivity index (χ4v) is 4.26. The molecular weight excluding hydrogens is 413 g/mol. The lowest BCUT2D eigenvalue weighted by molar-refractivity contribution is 0.0956. The predicted molar refractivity (Wildman–Crippen MR) is 83.5 cm³/mol. The van der Waals surface area contributed by atoms with E-state index in [9.17, 15) is 17.4 Å². The monoisotopic (exact) mass is 421 g/mol. The molecule has 1 N–H and O–H groups in total. The molecule has 0 saturated heterocycles. The Balaban J connectivity index is 3.06. The molecule has 10 heteroatoms. The minimum absolute atomic E-state index is 0.0176. The van der Waals surface area contributed by atoms with E-state index in [4.69, 9.17) is 22.3 Å². The molecule has 0 bridgehead atoms. The molecule has 1 rings (SSSR count). The SMILES string of the molecule is CS(=O)CCNC(=O)c1cc(S(=O)(=O)Cl)c(Br)cc1Cl. The molecule has 0 radical (unpaired) electrons. The molecule has 1 atom stereocenters. The molecule has 112 valence electrons. The molecule has 1 aromatic carbocycles. The number of benzene rings is 1. The first-order valence-electron chi connectivity index (χ1n) is 5.15. The number of rotatable bonds is 5. The highest BCUT2D eigenvalue weighted by molar-refractivity contribution is 9.10. The van der Waals surface area contributed by atoms with E-state index in [1.807, 2.05) is 0 Å². The minimum atomic E-state index is -4.00. The van der Waals surface area contributed by atoms with Gasteiger partial charge in [-0.1, -0.05) is 11.6 Å². The van der Waals surface area contributed by atoms with Crippen molar-refractivity contribution in [2.24, 2.45) is 0 Å². The quantitative estimate of drug-likeness (QED) is 0.737. The Labute approximate surface area is 137 Å². The van der Waals surface area contributed by atoms with E-state index in [2.05, 4.69) is 21.2 Å². The zero-order valence-corrected chi connectivity index (χ0v) is 14.9. The number of carbonyl (C=O) groups is 1. The average Bonchev–Trinajstić information content (AvgIpc) is 2.26. The lowest BCUT2D eigenvalue weighted by Gasteiger charge is -2.09. The van der Waals surface area contributed by atoms with Crippen LogP contribution in [0.1, 0.15) is 10.4 Å². The summed E-state index contributed by atoms with van der Waals surface area (Å²) in [5.74, 6) is -0.268. The second kappa shape index (κ2) is 7.22. The minimum Gasteiger partial charge on any atom is -0.351 e. The summed E-state index contributed by atoms with van der Waals surface area (Å²) in [7, 11) is 0.226. The molecule has 5 nitrogen and oxygen atoms in total. The van der Waals surface area contributed by atoms with E-state index in [0.29, 0.717) is 5.75 Å². The van der Waals surface area contributed by atoms with E-state index < -0.39 is 25.8 Å². The highest BCUT2D eigenvalue weighted by Crippen LogP contribution is 2.30. The molecule has 20 heavy (non-hydrogen) atoms. The predicted octanol–water partition coefficient (Wildman–Crippen LogP) is 2.14. The van der Waals surface area contributed by atoms with Crippen LogP contribution in [0.4, 0.5) is 0 Å². The van der Waals surface area contributed by atoms with E-state index in [1.165, 1.54) is 12.3 Å². The lowest BCUT2D eigenvalue weighted by atomic mass is 10.2. The van der Waals surface area contributed by atoms with Gasteiger partial charge in [0.25, 0.3) is 15.0 Å². The number of hydrogen-bond acceptors (Lipinski definition) is 4. The third kappa shape index (κ3) is 5.00. The second-order valence-corrected chi connectivity index (χ2v) is 9.08. The highest BCUT2D eigenvalue weighted by Gasteiger charge is 2.20. The van der Waals surface area contributed by atoms with Crippen LogP contribution in [0, 0.1) is 0 Å². The molecule has 1 unspecified atom stereocenters. The van der Waals surface area contributed by atoms with Crippen LogP contribution >= 0.6 is 38.2 Å². The summed E-state index contributed by atoms with van der Waals surface area (Å²) in [6, 6.07) is 2.37. The van der Waals surface area contributed by atoms with Crippen molar-refractivity contribution in [2.45, 2.75) is 4.90 Å². The van der Waals surface area contributed by atoms with Crippen molar-refractivity contribution in [3.8, 4) is 0 Å². The van der Waals surface area contributed by atoms with Crippen molar-refractivity contribution in [3.63, 3.8) is 0 Å². The first-order valence-corrected chi connectivity index (χ1v) is 10.4. The van der Waals surface area contributed by atoms with Crippen molar-refractivity contribution in [3.05, 3.63) is 27.2 Å². The molecule has 0 saturated carbocycles. The molecule has 1 aromatic rings. The van der Waals surface area contributed by atoms with Crippen molar-refractivity contribution in [1.29, 1.82) is 0 Å². The van der Waals surface area contributed by atoms with Crippen molar-refractivity contribution in [1.82, 2.24) is 5.32 Å². The fourth-order valence-electron chi connectivity index (χ4n) is 1.29. The zero-order valence-electron chi connectivity index (χ0n) is 10.2. The van der Waals surface area contributed by atoms with E-state index in [1.54, 1.807) is 0 Å². The largest absolute Gasteiger partial charge is 0.351 e. The molecule has 0 aliphatic rings. The van der Waals surface area contributed by atoms with Gasteiger partial charge < -0.3 is 5.32 Å². The maximum atomic E-state index is 11.9. The number of carbonyl (C=O) groups excluding carboxylic acids is 1. The van der Waals surface area contributed by atoms with Gasteiger partial charge in [0.05, 0.1) is 15.5 Å². The number of nitrogens with one attached hydrogen (secondary N) is 1. The van der Waals surface area contributed by atoms with Crippen LogP contribution in [0.2, 0.25) is 5.02 Å². The summed E-state index contributed by atoms with van der Waals surface area (Å²) in [6.45, 7) is 0.192. The summed E-state index contributed by atoms with van der Waals surface area (Å²) < 4.78 is 33.8. The van der Waals surface area contributed by atoms with Crippen LogP contribution in [0.3, 0.4) is 0 Å². The Morgan fingerprint density at radius 1 is 1.45 bits per heavy atom. The molecule has 0 aliphatic carbocycles. The molecular formula is C10H10BrCl2NO4S2. The Kier molecular flexibility index (Phi) is 6.46. The molecule has 0 heterocycles. The van der Waals surface area contributed by atoms with Crippen molar-refractivity contribution >= 4 is 64.0 Å². The Morgan fingerprint density at radius 3 is 2.55 bits per heavy atom. The van der Waals surface area contributed by atoms with Crippen molar-refractivity contribution in [2.75, 3.05) is 18.6 Å². The van der Waals surface area contributed by atoms with Crippen LogP contribution < -0.4 is 5.32 Å². The van der Waals surface area contributed by atoms with Gasteiger partial charge in [-0.15, -0.1) is 0 Å². The third-order valence-electron chi connectivity index (χ3n) is 2.20. The summed E-state index contributed by atoms with van der Waals surface area (Å²) in [4.78, 5) is 11.6. The second-order valence-electron chi connectivity index (χ2n) is 3.73. The van der Waals surface area contributed by atoms with Gasteiger partial charge in [0.2, 0.25) is 0 Å². The van der Waals surface area contributed by atoms with E-state index in [0.717, 1.165) is 6.07 Å². The maximum Gasteiger partial charge on any atom is 0.262 e. The van der Waals surface area contributed by atoms with E-state index >= 15 is 0 Å². The maximum absolute atomic E-state index is 11.9. The normalized spacial score (nSPS) is 13.0. The van der Waals surface area contributed by atoms with Gasteiger partial charge >= 0.3 is 0 Å². The van der Waals surface area contributed by atoms with Gasteiger partial charge in [-0.25, -0.2) is 8.42 Å². The number of hydrogen-bond donors (Lipinski definition) is 1. The highest BCUT2D eigenvalue weighted by atomic mass is 79.9. The lowest BCUT2D eigenvalue weighted by Crippen LogP contribution is -2.28. The van der Waals surface area contributed by atoms with E-state index in [-0.39, 0.29) is 26.5 Å². The smallest absolute Gasteiger partial charge is 0.262 e. The van der Waals surface area contributed by atoms with Gasteiger partial charge in [-0.2, -0.15) is 0 Å². The summed E-state index contributed by atoms with van der Waals surface area (Å²) >= 11 is 8.92. The Morgan fingerprint density at radius 2 is 2.05 bits per heavy atom. The summed E-state index contributed by atoms with van der Waals surface area (Å²) in [5.41, 5.74) is -0.0176. The fraction of sp³-hybridized carbons (Fsp3) is 0.300. The third-order valence-corrected chi connectivity index (χ3v) is 5.58. The molecule has 1 amide bonds. The van der Waals surface area contributed by atoms with Crippen LogP contribution in [0.25, 0.3) is 0 Å². The molecule has 0 aromatic heterocycles. The average molecular weight is 423 g/mol. The van der Waals surface area contributed by atoms with Crippen LogP contribution in [0.15, 0.2) is 21.5 Å². The van der Waals surface area contributed by atoms with Crippen LogP contribution in [-0.4, -0.2) is 37.1 Å². The van der Waals surface area contributed by atoms with Gasteiger partial charge in [0, 0.05) is 44.5 Å². The van der Waals surface area contributed by atoms with Gasteiger partial charge in [-0.05, 0) is 28.1 Å². The zero-order chi connectivity index (χ0) is 15.5. The first kappa shape index (κ1) is 17.9.